The number of thiazole rings is 1. The van der Waals surface area contributed by atoms with Gasteiger partial charge in [0, 0.05) is 5.75 Å². The lowest BCUT2D eigenvalue weighted by Gasteiger charge is -2.27. The standard InChI is InChI=1S/C21H31N3O5S3/c1-4-7-8-9-12-30-21-23-16-11-10-15(13-18(16)31-21)32(27,28)24(14-19(25)29-6-3)17(5-2)20(22)26/h10-11,13,17H,4-9,12,14H2,1-3H3,(H2,22,26). The van der Waals surface area contributed by atoms with Crippen molar-refractivity contribution in [3.05, 3.63) is 18.2 Å². The minimum Gasteiger partial charge on any atom is -0.465 e. The molecule has 2 rings (SSSR count). The largest absolute Gasteiger partial charge is 0.465 e. The Balaban J connectivity index is 2.30. The van der Waals surface area contributed by atoms with E-state index in [9.17, 15) is 18.0 Å². The molecule has 0 aliphatic heterocycles. The summed E-state index contributed by atoms with van der Waals surface area (Å²) in [6.07, 6.45) is 4.84. The summed E-state index contributed by atoms with van der Waals surface area (Å²) in [6.45, 7) is 4.95. The fraction of sp³-hybridized carbons (Fsp3) is 0.571. The lowest BCUT2D eigenvalue weighted by atomic mass is 10.2. The van der Waals surface area contributed by atoms with Crippen LogP contribution in [0.3, 0.4) is 0 Å². The number of amides is 1. The molecule has 8 nitrogen and oxygen atoms in total. The third kappa shape index (κ3) is 6.90. The van der Waals surface area contributed by atoms with Crippen LogP contribution < -0.4 is 5.73 Å². The van der Waals surface area contributed by atoms with Gasteiger partial charge in [0.25, 0.3) is 0 Å². The average molecular weight is 502 g/mol. The molecule has 0 aliphatic rings. The van der Waals surface area contributed by atoms with Crippen molar-refractivity contribution in [2.45, 2.75) is 68.2 Å². The van der Waals surface area contributed by atoms with E-state index >= 15 is 0 Å². The predicted octanol–water partition coefficient (Wildman–Crippen LogP) is 3.79. The number of esters is 1. The average Bonchev–Trinajstić information content (AvgIpc) is 3.15. The van der Waals surface area contributed by atoms with Gasteiger partial charge in [0.1, 0.15) is 12.6 Å². The van der Waals surface area contributed by atoms with Gasteiger partial charge in [-0.2, -0.15) is 4.31 Å². The van der Waals surface area contributed by atoms with Gasteiger partial charge in [0.05, 0.1) is 21.7 Å². The first-order valence-corrected chi connectivity index (χ1v) is 14.0. The van der Waals surface area contributed by atoms with Gasteiger partial charge in [0.2, 0.25) is 15.9 Å². The highest BCUT2D eigenvalue weighted by atomic mass is 32.2. The molecule has 0 bridgehead atoms. The molecule has 0 aliphatic carbocycles. The van der Waals surface area contributed by atoms with E-state index in [-0.39, 0.29) is 17.9 Å². The van der Waals surface area contributed by atoms with Crippen molar-refractivity contribution >= 4 is 55.2 Å². The summed E-state index contributed by atoms with van der Waals surface area (Å²) in [5.41, 5.74) is 6.15. The number of benzene rings is 1. The third-order valence-corrected chi connectivity index (χ3v) is 8.92. The van der Waals surface area contributed by atoms with Crippen LogP contribution in [-0.2, 0) is 24.3 Å². The number of rotatable bonds is 14. The summed E-state index contributed by atoms with van der Waals surface area (Å²) in [5, 5.41) is 0. The van der Waals surface area contributed by atoms with Crippen LogP contribution in [-0.4, -0.2) is 54.5 Å². The van der Waals surface area contributed by atoms with Crippen molar-refractivity contribution in [3.63, 3.8) is 0 Å². The van der Waals surface area contributed by atoms with Crippen molar-refractivity contribution in [1.29, 1.82) is 0 Å². The molecular weight excluding hydrogens is 470 g/mol. The first kappa shape index (κ1) is 26.6. The fourth-order valence-corrected chi connectivity index (χ4v) is 7.07. The van der Waals surface area contributed by atoms with E-state index in [2.05, 4.69) is 11.9 Å². The lowest BCUT2D eigenvalue weighted by Crippen LogP contribution is -2.49. The normalized spacial score (nSPS) is 12.9. The molecule has 1 aromatic heterocycles. The Bertz CT molecular complexity index is 1020. The fourth-order valence-electron chi connectivity index (χ4n) is 3.17. The predicted molar refractivity (Wildman–Crippen MR) is 128 cm³/mol. The van der Waals surface area contributed by atoms with Crippen molar-refractivity contribution < 1.29 is 22.7 Å². The molecular formula is C21H31N3O5S3. The van der Waals surface area contributed by atoms with E-state index in [1.54, 1.807) is 31.7 Å². The molecule has 1 unspecified atom stereocenters. The first-order chi connectivity index (χ1) is 15.2. The van der Waals surface area contributed by atoms with Crippen LogP contribution in [0.25, 0.3) is 10.2 Å². The van der Waals surface area contributed by atoms with Gasteiger partial charge in [-0.25, -0.2) is 13.4 Å². The number of sulfonamides is 1. The van der Waals surface area contributed by atoms with Gasteiger partial charge >= 0.3 is 5.97 Å². The number of primary amides is 1. The number of thioether (sulfide) groups is 1. The van der Waals surface area contributed by atoms with Gasteiger partial charge in [-0.1, -0.05) is 44.9 Å². The lowest BCUT2D eigenvalue weighted by molar-refractivity contribution is -0.143. The first-order valence-electron chi connectivity index (χ1n) is 10.7. The molecule has 32 heavy (non-hydrogen) atoms. The zero-order valence-electron chi connectivity index (χ0n) is 18.7. The Hall–Kier alpha value is -1.69. The number of hydrogen-bond donors (Lipinski definition) is 1. The minimum absolute atomic E-state index is 0.0165. The van der Waals surface area contributed by atoms with E-state index in [1.807, 2.05) is 0 Å². The van der Waals surface area contributed by atoms with E-state index in [0.717, 1.165) is 25.5 Å². The Morgan fingerprint density at radius 2 is 1.97 bits per heavy atom. The van der Waals surface area contributed by atoms with Crippen LogP contribution in [0.1, 0.15) is 52.9 Å². The number of ether oxygens (including phenoxy) is 1. The molecule has 0 saturated carbocycles. The number of carbonyl (C=O) groups excluding carboxylic acids is 2. The molecule has 1 atom stereocenters. The second-order valence-corrected chi connectivity index (χ2v) is 11.5. The van der Waals surface area contributed by atoms with Crippen molar-refractivity contribution in [2.75, 3.05) is 18.9 Å². The Morgan fingerprint density at radius 1 is 1.22 bits per heavy atom. The molecule has 0 fully saturated rings. The van der Waals surface area contributed by atoms with E-state index < -0.39 is 34.5 Å². The molecule has 1 heterocycles. The smallest absolute Gasteiger partial charge is 0.321 e. The quantitative estimate of drug-likeness (QED) is 0.238. The van der Waals surface area contributed by atoms with Gasteiger partial charge in [-0.05, 0) is 38.0 Å². The number of unbranched alkanes of at least 4 members (excludes halogenated alkanes) is 3. The summed E-state index contributed by atoms with van der Waals surface area (Å²) >= 11 is 3.10. The van der Waals surface area contributed by atoms with E-state index in [1.165, 1.54) is 42.7 Å². The number of carbonyl (C=O) groups is 2. The molecule has 2 N–H and O–H groups in total. The van der Waals surface area contributed by atoms with E-state index in [0.29, 0.717) is 5.52 Å². The third-order valence-electron chi connectivity index (χ3n) is 4.82. The maximum Gasteiger partial charge on any atom is 0.321 e. The highest BCUT2D eigenvalue weighted by Crippen LogP contribution is 2.32. The van der Waals surface area contributed by atoms with Gasteiger partial charge in [-0.15, -0.1) is 11.3 Å². The zero-order chi connectivity index (χ0) is 23.7. The molecule has 0 saturated heterocycles. The second kappa shape index (κ2) is 12.5. The van der Waals surface area contributed by atoms with Crippen LogP contribution in [0.15, 0.2) is 27.4 Å². The molecule has 1 aromatic carbocycles. The van der Waals surface area contributed by atoms with Crippen LogP contribution in [0.4, 0.5) is 0 Å². The molecule has 0 spiro atoms. The maximum atomic E-state index is 13.4. The number of fused-ring (bicyclic) bond motifs is 1. The van der Waals surface area contributed by atoms with Gasteiger partial charge < -0.3 is 10.5 Å². The van der Waals surface area contributed by atoms with Crippen LogP contribution >= 0.6 is 23.1 Å². The van der Waals surface area contributed by atoms with Crippen molar-refractivity contribution in [1.82, 2.24) is 9.29 Å². The number of nitrogens with two attached hydrogens (primary N) is 1. The maximum absolute atomic E-state index is 13.4. The SMILES string of the molecule is CCCCCCSc1nc2ccc(S(=O)(=O)N(CC(=O)OCC)C(CC)C(N)=O)cc2s1. The Kier molecular flexibility index (Phi) is 10.4. The minimum atomic E-state index is -4.18. The number of nitrogens with zero attached hydrogens (tertiary/aromatic N) is 2. The highest BCUT2D eigenvalue weighted by molar-refractivity contribution is 8.01. The Labute approximate surface area is 198 Å². The summed E-state index contributed by atoms with van der Waals surface area (Å²) in [4.78, 5) is 28.5. The molecule has 1 amide bonds. The Morgan fingerprint density at radius 3 is 2.59 bits per heavy atom. The molecule has 2 aromatic rings. The summed E-state index contributed by atoms with van der Waals surface area (Å²) in [7, 11) is -4.18. The van der Waals surface area contributed by atoms with Gasteiger partial charge in [0.15, 0.2) is 4.34 Å². The summed E-state index contributed by atoms with van der Waals surface area (Å²) in [6, 6.07) is 3.47. The molecule has 178 valence electrons. The topological polar surface area (TPSA) is 120 Å². The van der Waals surface area contributed by atoms with Crippen LogP contribution in [0, 0.1) is 0 Å². The van der Waals surface area contributed by atoms with Crippen LogP contribution in [0.2, 0.25) is 0 Å². The van der Waals surface area contributed by atoms with Crippen LogP contribution in [0.5, 0.6) is 0 Å². The van der Waals surface area contributed by atoms with Crippen molar-refractivity contribution in [3.8, 4) is 0 Å². The highest BCUT2D eigenvalue weighted by Gasteiger charge is 2.36. The van der Waals surface area contributed by atoms with Crippen molar-refractivity contribution in [2.24, 2.45) is 5.73 Å². The van der Waals surface area contributed by atoms with Gasteiger partial charge in [-0.3, -0.25) is 9.59 Å². The van der Waals surface area contributed by atoms with E-state index in [4.69, 9.17) is 10.5 Å². The summed E-state index contributed by atoms with van der Waals surface area (Å²) in [5.74, 6) is -0.591. The zero-order valence-corrected chi connectivity index (χ0v) is 21.2. The summed E-state index contributed by atoms with van der Waals surface area (Å²) < 4.78 is 34.1. The molecule has 0 radical (unpaired) electrons. The molecule has 11 heteroatoms. The monoisotopic (exact) mass is 501 g/mol. The number of aromatic nitrogens is 1. The second-order valence-electron chi connectivity index (χ2n) is 7.20. The number of hydrogen-bond acceptors (Lipinski definition) is 8.